The molecule has 2 N–H and O–H groups in total. The molecule has 0 saturated carbocycles. The molecule has 0 bridgehead atoms. The lowest BCUT2D eigenvalue weighted by molar-refractivity contribution is 0.00209. The molecule has 140 valence electrons. The highest BCUT2D eigenvalue weighted by atomic mass is 16.5. The third-order valence-corrected chi connectivity index (χ3v) is 6.67. The number of carbonyl (C=O) groups excluding carboxylic acids is 1. The number of fused-ring (bicyclic) bond motifs is 2. The molecular weight excluding hydrogens is 336 g/mol. The molecule has 0 aromatic heterocycles. The van der Waals surface area contributed by atoms with Crippen LogP contribution in [0.4, 0.5) is 4.79 Å². The van der Waals surface area contributed by atoms with E-state index in [9.17, 15) is 4.79 Å². The average Bonchev–Trinajstić information content (AvgIpc) is 3.21. The molecule has 5 rings (SSSR count). The largest absolute Gasteiger partial charge is 0.381 e. The smallest absolute Gasteiger partial charge is 0.315 e. The van der Waals surface area contributed by atoms with Gasteiger partial charge in [0.1, 0.15) is 0 Å². The van der Waals surface area contributed by atoms with Gasteiger partial charge in [0.25, 0.3) is 0 Å². The average molecular weight is 362 g/mol. The minimum atomic E-state index is -0.0413. The standard InChI is InChI=1S/C23H26N2O2/c26-22(24-19-13-16-5-1-2-6-17(16)14-19)25-21-20-8-4-3-7-18(20)15-23(21)9-11-27-12-10-23/h1-8,19,21H,9-15H2,(H2,24,25,26). The molecule has 1 unspecified atom stereocenters. The second kappa shape index (κ2) is 6.68. The summed E-state index contributed by atoms with van der Waals surface area (Å²) in [4.78, 5) is 12.9. The number of amides is 2. The van der Waals surface area contributed by atoms with Crippen molar-refractivity contribution >= 4 is 6.03 Å². The van der Waals surface area contributed by atoms with E-state index in [4.69, 9.17) is 4.74 Å². The van der Waals surface area contributed by atoms with Crippen LogP contribution in [0.2, 0.25) is 0 Å². The number of carbonyl (C=O) groups is 1. The van der Waals surface area contributed by atoms with E-state index in [0.29, 0.717) is 0 Å². The lowest BCUT2D eigenvalue weighted by Gasteiger charge is -2.39. The molecule has 1 heterocycles. The summed E-state index contributed by atoms with van der Waals surface area (Å²) in [5.74, 6) is 0. The Bertz CT molecular complexity index is 832. The van der Waals surface area contributed by atoms with Gasteiger partial charge in [0.2, 0.25) is 0 Å². The molecule has 1 spiro atoms. The molecule has 4 heteroatoms. The van der Waals surface area contributed by atoms with E-state index in [1.54, 1.807) is 0 Å². The number of ether oxygens (including phenoxy) is 1. The number of benzene rings is 2. The van der Waals surface area contributed by atoms with Crippen molar-refractivity contribution in [3.8, 4) is 0 Å². The Balaban J connectivity index is 1.32. The number of rotatable bonds is 2. The molecule has 1 aliphatic heterocycles. The van der Waals surface area contributed by atoms with Gasteiger partial charge in [0.15, 0.2) is 0 Å². The topological polar surface area (TPSA) is 50.4 Å². The first kappa shape index (κ1) is 16.8. The molecular formula is C23H26N2O2. The fraction of sp³-hybridized carbons (Fsp3) is 0.435. The normalized spacial score (nSPS) is 23.0. The van der Waals surface area contributed by atoms with Crippen LogP contribution in [-0.2, 0) is 24.0 Å². The summed E-state index contributed by atoms with van der Waals surface area (Å²) >= 11 is 0. The summed E-state index contributed by atoms with van der Waals surface area (Å²) < 4.78 is 5.62. The van der Waals surface area contributed by atoms with Gasteiger partial charge in [-0.15, -0.1) is 0 Å². The minimum absolute atomic E-state index is 0.0413. The van der Waals surface area contributed by atoms with Crippen LogP contribution < -0.4 is 10.6 Å². The molecule has 2 aromatic carbocycles. The second-order valence-electron chi connectivity index (χ2n) is 8.28. The number of urea groups is 1. The van der Waals surface area contributed by atoms with E-state index in [0.717, 1.165) is 45.3 Å². The summed E-state index contributed by atoms with van der Waals surface area (Å²) in [5, 5.41) is 6.57. The number of nitrogens with one attached hydrogen (secondary N) is 2. The third kappa shape index (κ3) is 3.02. The number of hydrogen-bond acceptors (Lipinski definition) is 2. The Morgan fingerprint density at radius 1 is 0.889 bits per heavy atom. The highest BCUT2D eigenvalue weighted by molar-refractivity contribution is 5.75. The first-order chi connectivity index (χ1) is 13.2. The van der Waals surface area contributed by atoms with Crippen LogP contribution in [0, 0.1) is 5.41 Å². The predicted molar refractivity (Wildman–Crippen MR) is 105 cm³/mol. The van der Waals surface area contributed by atoms with E-state index in [-0.39, 0.29) is 23.5 Å². The van der Waals surface area contributed by atoms with Crippen molar-refractivity contribution in [1.82, 2.24) is 10.6 Å². The zero-order chi connectivity index (χ0) is 18.3. The van der Waals surface area contributed by atoms with Gasteiger partial charge < -0.3 is 15.4 Å². The van der Waals surface area contributed by atoms with E-state index in [1.807, 2.05) is 0 Å². The first-order valence-electron chi connectivity index (χ1n) is 10.0. The molecule has 27 heavy (non-hydrogen) atoms. The predicted octanol–water partition coefficient (Wildman–Crippen LogP) is 3.55. The van der Waals surface area contributed by atoms with Gasteiger partial charge >= 0.3 is 6.03 Å². The van der Waals surface area contributed by atoms with Crippen molar-refractivity contribution in [2.75, 3.05) is 13.2 Å². The van der Waals surface area contributed by atoms with Crippen LogP contribution >= 0.6 is 0 Å². The van der Waals surface area contributed by atoms with Crippen molar-refractivity contribution in [1.29, 1.82) is 0 Å². The molecule has 1 saturated heterocycles. The van der Waals surface area contributed by atoms with Gasteiger partial charge in [0.05, 0.1) is 6.04 Å². The highest BCUT2D eigenvalue weighted by Crippen LogP contribution is 2.51. The molecule has 1 fully saturated rings. The van der Waals surface area contributed by atoms with Crippen molar-refractivity contribution in [2.45, 2.75) is 44.2 Å². The Morgan fingerprint density at radius 2 is 1.52 bits per heavy atom. The monoisotopic (exact) mass is 362 g/mol. The maximum absolute atomic E-state index is 12.9. The quantitative estimate of drug-likeness (QED) is 0.858. The van der Waals surface area contributed by atoms with Gasteiger partial charge in [0, 0.05) is 24.7 Å². The lowest BCUT2D eigenvalue weighted by Crippen LogP contribution is -2.48. The first-order valence-corrected chi connectivity index (χ1v) is 10.0. The SMILES string of the molecule is O=C(NC1Cc2ccccc2C1)NC1c2ccccc2CC12CCOCC2. The van der Waals surface area contributed by atoms with Crippen molar-refractivity contribution < 1.29 is 9.53 Å². The fourth-order valence-electron chi connectivity index (χ4n) is 5.28. The Labute approximate surface area is 160 Å². The summed E-state index contributed by atoms with van der Waals surface area (Å²) in [6, 6.07) is 17.3. The number of hydrogen-bond donors (Lipinski definition) is 2. The zero-order valence-corrected chi connectivity index (χ0v) is 15.5. The van der Waals surface area contributed by atoms with Crippen LogP contribution in [0.25, 0.3) is 0 Å². The van der Waals surface area contributed by atoms with E-state index < -0.39 is 0 Å². The Hall–Kier alpha value is -2.33. The Morgan fingerprint density at radius 3 is 2.22 bits per heavy atom. The van der Waals surface area contributed by atoms with Gasteiger partial charge in [-0.1, -0.05) is 48.5 Å². The van der Waals surface area contributed by atoms with E-state index >= 15 is 0 Å². The van der Waals surface area contributed by atoms with Crippen LogP contribution in [0.5, 0.6) is 0 Å². The minimum Gasteiger partial charge on any atom is -0.381 e. The fourth-order valence-corrected chi connectivity index (χ4v) is 5.28. The van der Waals surface area contributed by atoms with Crippen molar-refractivity contribution in [2.24, 2.45) is 5.41 Å². The van der Waals surface area contributed by atoms with Crippen LogP contribution in [0.3, 0.4) is 0 Å². The summed E-state index contributed by atoms with van der Waals surface area (Å²) in [7, 11) is 0. The Kier molecular flexibility index (Phi) is 4.16. The molecule has 4 nitrogen and oxygen atoms in total. The molecule has 2 aliphatic carbocycles. The van der Waals surface area contributed by atoms with Crippen LogP contribution in [0.1, 0.15) is 41.1 Å². The highest BCUT2D eigenvalue weighted by Gasteiger charge is 2.47. The van der Waals surface area contributed by atoms with Gasteiger partial charge in [-0.2, -0.15) is 0 Å². The molecule has 1 atom stereocenters. The summed E-state index contributed by atoms with van der Waals surface area (Å²) in [6.45, 7) is 1.57. The molecule has 0 radical (unpaired) electrons. The summed E-state index contributed by atoms with van der Waals surface area (Å²) in [6.07, 6.45) is 4.88. The van der Waals surface area contributed by atoms with E-state index in [2.05, 4.69) is 59.2 Å². The molecule has 2 amide bonds. The molecule has 2 aromatic rings. The third-order valence-electron chi connectivity index (χ3n) is 6.67. The van der Waals surface area contributed by atoms with Crippen LogP contribution in [0.15, 0.2) is 48.5 Å². The van der Waals surface area contributed by atoms with E-state index in [1.165, 1.54) is 22.3 Å². The zero-order valence-electron chi connectivity index (χ0n) is 15.5. The van der Waals surface area contributed by atoms with Crippen molar-refractivity contribution in [3.63, 3.8) is 0 Å². The van der Waals surface area contributed by atoms with Crippen LogP contribution in [-0.4, -0.2) is 25.3 Å². The summed E-state index contributed by atoms with van der Waals surface area (Å²) in [5.41, 5.74) is 5.46. The maximum atomic E-state index is 12.9. The van der Waals surface area contributed by atoms with Crippen molar-refractivity contribution in [3.05, 3.63) is 70.8 Å². The van der Waals surface area contributed by atoms with Gasteiger partial charge in [-0.25, -0.2) is 4.79 Å². The van der Waals surface area contributed by atoms with Gasteiger partial charge in [-0.05, 0) is 54.4 Å². The van der Waals surface area contributed by atoms with Gasteiger partial charge in [-0.3, -0.25) is 0 Å². The second-order valence-corrected chi connectivity index (χ2v) is 8.28. The molecule has 3 aliphatic rings. The lowest BCUT2D eigenvalue weighted by atomic mass is 9.74. The maximum Gasteiger partial charge on any atom is 0.315 e.